The Morgan fingerprint density at radius 2 is 1.80 bits per heavy atom. The van der Waals surface area contributed by atoms with Gasteiger partial charge in [0.25, 0.3) is 15.9 Å². The first-order chi connectivity index (χ1) is 14.3. The van der Waals surface area contributed by atoms with Crippen molar-refractivity contribution in [2.75, 3.05) is 0 Å². The van der Waals surface area contributed by atoms with Crippen molar-refractivity contribution in [1.82, 2.24) is 19.5 Å². The molecule has 4 rings (SSSR count). The summed E-state index contributed by atoms with van der Waals surface area (Å²) in [7, 11) is -4.07. The Balaban J connectivity index is 1.61. The van der Waals surface area contributed by atoms with Crippen molar-refractivity contribution in [2.45, 2.75) is 18.7 Å². The summed E-state index contributed by atoms with van der Waals surface area (Å²) >= 11 is 6.18. The van der Waals surface area contributed by atoms with E-state index in [1.807, 2.05) is 13.8 Å². The molecule has 0 aliphatic carbocycles. The van der Waals surface area contributed by atoms with E-state index in [9.17, 15) is 13.2 Å². The number of carbonyl (C=O) groups is 1. The van der Waals surface area contributed by atoms with Gasteiger partial charge in [-0.1, -0.05) is 23.7 Å². The van der Waals surface area contributed by atoms with Crippen LogP contribution in [0.3, 0.4) is 0 Å². The fourth-order valence-corrected chi connectivity index (χ4v) is 4.52. The molecule has 152 valence electrons. The van der Waals surface area contributed by atoms with Crippen LogP contribution in [0.1, 0.15) is 21.7 Å². The van der Waals surface area contributed by atoms with Crippen molar-refractivity contribution in [2.24, 2.45) is 0 Å². The summed E-state index contributed by atoms with van der Waals surface area (Å²) in [6.45, 7) is 3.65. The van der Waals surface area contributed by atoms with Crippen LogP contribution in [0.15, 0.2) is 65.8 Å². The molecule has 2 aromatic carbocycles. The van der Waals surface area contributed by atoms with Crippen LogP contribution in [0.4, 0.5) is 0 Å². The van der Waals surface area contributed by atoms with E-state index in [0.717, 1.165) is 5.69 Å². The van der Waals surface area contributed by atoms with Gasteiger partial charge in [-0.25, -0.2) is 17.8 Å². The Labute approximate surface area is 178 Å². The highest BCUT2D eigenvalue weighted by Gasteiger charge is 2.21. The molecule has 2 aromatic heterocycles. The van der Waals surface area contributed by atoms with Gasteiger partial charge >= 0.3 is 0 Å². The van der Waals surface area contributed by atoms with Crippen LogP contribution in [-0.4, -0.2) is 29.1 Å². The summed E-state index contributed by atoms with van der Waals surface area (Å²) < 4.78 is 29.4. The molecule has 30 heavy (non-hydrogen) atoms. The first kappa shape index (κ1) is 20.1. The second kappa shape index (κ2) is 7.55. The number of sulfonamides is 1. The Hall–Kier alpha value is -3.23. The molecule has 1 N–H and O–H groups in total. The molecule has 0 fully saturated rings. The van der Waals surface area contributed by atoms with E-state index in [-0.39, 0.29) is 10.5 Å². The van der Waals surface area contributed by atoms with Gasteiger partial charge in [0.05, 0.1) is 27.0 Å². The van der Waals surface area contributed by atoms with Crippen LogP contribution in [0.2, 0.25) is 5.02 Å². The number of hydrogen-bond donors (Lipinski definition) is 1. The lowest BCUT2D eigenvalue weighted by Crippen LogP contribution is -2.30. The molecule has 9 heteroatoms. The minimum absolute atomic E-state index is 0.0182. The third-order valence-corrected chi connectivity index (χ3v) is 6.67. The number of aryl methyl sites for hydroxylation is 1. The second-order valence-electron chi connectivity index (χ2n) is 6.73. The zero-order valence-electron chi connectivity index (χ0n) is 16.1. The molecule has 0 aliphatic rings. The molecule has 0 saturated heterocycles. The molecule has 2 heterocycles. The molecule has 0 unspecified atom stereocenters. The maximum Gasteiger partial charge on any atom is 0.265 e. The van der Waals surface area contributed by atoms with E-state index < -0.39 is 15.9 Å². The summed E-state index contributed by atoms with van der Waals surface area (Å²) in [4.78, 5) is 16.6. The number of fused-ring (bicyclic) bond motifs is 1. The van der Waals surface area contributed by atoms with E-state index in [0.29, 0.717) is 27.2 Å². The largest absolute Gasteiger partial charge is 0.268 e. The lowest BCUT2D eigenvalue weighted by atomic mass is 10.2. The zero-order chi connectivity index (χ0) is 21.5. The van der Waals surface area contributed by atoms with Crippen LogP contribution >= 0.6 is 11.6 Å². The molecule has 0 aliphatic heterocycles. The summed E-state index contributed by atoms with van der Waals surface area (Å²) in [5, 5.41) is 6.10. The molecule has 0 atom stereocenters. The monoisotopic (exact) mass is 440 g/mol. The molecule has 0 bridgehead atoms. The number of halogens is 1. The standard InChI is InChI=1S/C21H17ClN4O3S/c1-13-20(22)14(2)26(24-13)17-8-6-15(7-9-17)21(27)25-30(28,29)19-5-3-4-16-12-23-11-10-18(16)19/h3-12H,1-2H3,(H,25,27). The van der Waals surface area contributed by atoms with Crippen molar-refractivity contribution in [3.05, 3.63) is 82.9 Å². The van der Waals surface area contributed by atoms with Crippen LogP contribution in [0.25, 0.3) is 16.5 Å². The van der Waals surface area contributed by atoms with E-state index in [1.54, 1.807) is 41.2 Å². The second-order valence-corrected chi connectivity index (χ2v) is 8.76. The molecular formula is C21H17ClN4O3S. The van der Waals surface area contributed by atoms with Crippen molar-refractivity contribution in [3.63, 3.8) is 0 Å². The highest BCUT2D eigenvalue weighted by Crippen LogP contribution is 2.24. The van der Waals surface area contributed by atoms with Gasteiger partial charge in [0.1, 0.15) is 0 Å². The van der Waals surface area contributed by atoms with Crippen LogP contribution in [0.5, 0.6) is 0 Å². The Morgan fingerprint density at radius 3 is 2.47 bits per heavy atom. The number of aromatic nitrogens is 3. The van der Waals surface area contributed by atoms with Gasteiger partial charge in [0, 0.05) is 28.7 Å². The maximum atomic E-state index is 12.8. The van der Waals surface area contributed by atoms with Gasteiger partial charge in [-0.3, -0.25) is 9.78 Å². The number of carbonyl (C=O) groups excluding carboxylic acids is 1. The topological polar surface area (TPSA) is 94.0 Å². The number of rotatable bonds is 4. The van der Waals surface area contributed by atoms with E-state index in [1.165, 1.54) is 24.4 Å². The van der Waals surface area contributed by atoms with Gasteiger partial charge in [-0.05, 0) is 50.2 Å². The highest BCUT2D eigenvalue weighted by atomic mass is 35.5. The number of nitrogens with zero attached hydrogens (tertiary/aromatic N) is 3. The third kappa shape index (κ3) is 3.55. The van der Waals surface area contributed by atoms with Gasteiger partial charge < -0.3 is 0 Å². The average molecular weight is 441 g/mol. The van der Waals surface area contributed by atoms with Crippen molar-refractivity contribution in [3.8, 4) is 5.69 Å². The van der Waals surface area contributed by atoms with Gasteiger partial charge in [0.15, 0.2) is 0 Å². The van der Waals surface area contributed by atoms with Gasteiger partial charge in [-0.15, -0.1) is 0 Å². The van der Waals surface area contributed by atoms with Crippen LogP contribution in [-0.2, 0) is 10.0 Å². The maximum absolute atomic E-state index is 12.8. The van der Waals surface area contributed by atoms with E-state index >= 15 is 0 Å². The molecule has 0 radical (unpaired) electrons. The first-order valence-corrected chi connectivity index (χ1v) is 10.9. The summed E-state index contributed by atoms with van der Waals surface area (Å²) in [6, 6.07) is 12.9. The number of amides is 1. The third-order valence-electron chi connectivity index (χ3n) is 4.73. The number of nitrogens with one attached hydrogen (secondary N) is 1. The van der Waals surface area contributed by atoms with Crippen molar-refractivity contribution >= 4 is 38.3 Å². The van der Waals surface area contributed by atoms with Gasteiger partial charge in [0.2, 0.25) is 0 Å². The first-order valence-electron chi connectivity index (χ1n) is 9.00. The molecule has 0 spiro atoms. The molecule has 4 aromatic rings. The number of benzene rings is 2. The number of hydrogen-bond acceptors (Lipinski definition) is 5. The van der Waals surface area contributed by atoms with E-state index in [4.69, 9.17) is 11.6 Å². The Morgan fingerprint density at radius 1 is 1.07 bits per heavy atom. The fourth-order valence-electron chi connectivity index (χ4n) is 3.19. The lowest BCUT2D eigenvalue weighted by molar-refractivity contribution is 0.0981. The molecule has 0 saturated carbocycles. The molecule has 1 amide bonds. The normalized spacial score (nSPS) is 11.6. The van der Waals surface area contributed by atoms with Crippen molar-refractivity contribution in [1.29, 1.82) is 0 Å². The lowest BCUT2D eigenvalue weighted by Gasteiger charge is -2.10. The minimum Gasteiger partial charge on any atom is -0.268 e. The summed E-state index contributed by atoms with van der Waals surface area (Å²) in [5.74, 6) is -0.723. The minimum atomic E-state index is -4.07. The van der Waals surface area contributed by atoms with Gasteiger partial charge in [-0.2, -0.15) is 5.10 Å². The fraction of sp³-hybridized carbons (Fsp3) is 0.0952. The molecule has 7 nitrogen and oxygen atoms in total. The number of pyridine rings is 1. The molecular weight excluding hydrogens is 424 g/mol. The Bertz CT molecular complexity index is 1370. The smallest absolute Gasteiger partial charge is 0.265 e. The quantitative estimate of drug-likeness (QED) is 0.520. The predicted molar refractivity (Wildman–Crippen MR) is 114 cm³/mol. The summed E-state index contributed by atoms with van der Waals surface area (Å²) in [5.41, 5.74) is 2.40. The highest BCUT2D eigenvalue weighted by molar-refractivity contribution is 7.90. The van der Waals surface area contributed by atoms with Crippen LogP contribution < -0.4 is 4.72 Å². The van der Waals surface area contributed by atoms with Crippen LogP contribution in [0, 0.1) is 13.8 Å². The summed E-state index contributed by atoms with van der Waals surface area (Å²) in [6.07, 6.45) is 3.08. The van der Waals surface area contributed by atoms with Crippen molar-refractivity contribution < 1.29 is 13.2 Å². The zero-order valence-corrected chi connectivity index (χ0v) is 17.7. The Kier molecular flexibility index (Phi) is 5.05. The SMILES string of the molecule is Cc1nn(-c2ccc(C(=O)NS(=O)(=O)c3cccc4cnccc34)cc2)c(C)c1Cl. The predicted octanol–water partition coefficient (Wildman–Crippen LogP) is 3.81. The average Bonchev–Trinajstić information content (AvgIpc) is 3.00. The van der Waals surface area contributed by atoms with E-state index in [2.05, 4.69) is 14.8 Å².